The summed E-state index contributed by atoms with van der Waals surface area (Å²) in [7, 11) is 0. The Kier molecular flexibility index (Phi) is 13.3. The predicted octanol–water partition coefficient (Wildman–Crippen LogP) is 4.19. The van der Waals surface area contributed by atoms with Crippen molar-refractivity contribution in [1.82, 2.24) is 0 Å². The van der Waals surface area contributed by atoms with E-state index in [0.29, 0.717) is 5.78 Å². The Balaban J connectivity index is 0.000000458. The molecule has 0 saturated heterocycles. The van der Waals surface area contributed by atoms with Crippen LogP contribution in [0.4, 0.5) is 0 Å². The highest BCUT2D eigenvalue weighted by molar-refractivity contribution is 6.31. The van der Waals surface area contributed by atoms with Crippen molar-refractivity contribution in [1.29, 1.82) is 0 Å². The molecule has 0 aliphatic heterocycles. The number of benzene rings is 1. The van der Waals surface area contributed by atoms with E-state index in [1.165, 1.54) is 0 Å². The van der Waals surface area contributed by atoms with Crippen LogP contribution in [0.2, 0.25) is 5.02 Å². The number of carbonyl (C=O) groups excluding carboxylic acids is 1. The fraction of sp³-hybridized carbons (Fsp3) is 0.381. The largest absolute Gasteiger partial charge is 0.481 e. The quantitative estimate of drug-likeness (QED) is 0.606. The van der Waals surface area contributed by atoms with Crippen LogP contribution in [0.1, 0.15) is 50.0 Å². The standard InChI is InChI=1S/C12H13ClO.C5H9NO4.C4H6/c13-11-7-3-1-5-9(11)10-6-2-4-8-12(10)14;6-3(5(9)10)1-2-4(7)8;1-3-4-2/h1,3,5,7,10H,2,4,6,8H2;3H,1-2,6H2,(H,7,8)(H,9,10);3-4H,1-2H2/t;3-;/m.0./s1. The Hall–Kier alpha value is -2.44. The summed E-state index contributed by atoms with van der Waals surface area (Å²) in [5, 5.41) is 17.0. The maximum Gasteiger partial charge on any atom is 0.320 e. The summed E-state index contributed by atoms with van der Waals surface area (Å²) in [5.41, 5.74) is 6.01. The third-order valence-corrected chi connectivity index (χ3v) is 4.33. The molecule has 7 heteroatoms. The third-order valence-electron chi connectivity index (χ3n) is 3.99. The minimum atomic E-state index is -1.17. The van der Waals surface area contributed by atoms with Gasteiger partial charge < -0.3 is 15.9 Å². The molecule has 0 amide bonds. The number of allylic oxidation sites excluding steroid dienone is 2. The number of hydrogen-bond acceptors (Lipinski definition) is 4. The van der Waals surface area contributed by atoms with Gasteiger partial charge in [0, 0.05) is 23.8 Å². The molecular weight excluding hydrogens is 382 g/mol. The fourth-order valence-electron chi connectivity index (χ4n) is 2.47. The van der Waals surface area contributed by atoms with Crippen LogP contribution in [0.25, 0.3) is 0 Å². The van der Waals surface area contributed by atoms with Gasteiger partial charge in [-0.05, 0) is 30.9 Å². The lowest BCUT2D eigenvalue weighted by Crippen LogP contribution is -2.30. The monoisotopic (exact) mass is 409 g/mol. The SMILES string of the molecule is C=CC=C.N[C@@H](CCC(=O)O)C(=O)O.O=C1CCCCC1c1ccccc1Cl. The number of Topliss-reactive ketones (excluding diaryl/α,β-unsaturated/α-hetero) is 1. The summed E-state index contributed by atoms with van der Waals surface area (Å²) in [6, 6.07) is 6.62. The number of ketones is 1. The highest BCUT2D eigenvalue weighted by Crippen LogP contribution is 2.33. The van der Waals surface area contributed by atoms with Crippen LogP contribution < -0.4 is 5.73 Å². The van der Waals surface area contributed by atoms with Crippen molar-refractivity contribution in [3.8, 4) is 0 Å². The number of carbonyl (C=O) groups is 3. The van der Waals surface area contributed by atoms with Gasteiger partial charge in [0.1, 0.15) is 11.8 Å². The molecule has 0 spiro atoms. The molecular formula is C21H28ClNO5. The van der Waals surface area contributed by atoms with Crippen LogP contribution in [-0.4, -0.2) is 34.0 Å². The average molecular weight is 410 g/mol. The number of aliphatic carboxylic acids is 2. The zero-order chi connectivity index (χ0) is 21.5. The summed E-state index contributed by atoms with van der Waals surface area (Å²) in [5.74, 6) is -1.79. The maximum atomic E-state index is 11.7. The minimum Gasteiger partial charge on any atom is -0.481 e. The van der Waals surface area contributed by atoms with Crippen LogP contribution in [0.15, 0.2) is 49.6 Å². The zero-order valence-electron chi connectivity index (χ0n) is 15.9. The first-order chi connectivity index (χ1) is 13.2. The number of hydrogen-bond donors (Lipinski definition) is 3. The molecule has 1 fully saturated rings. The van der Waals surface area contributed by atoms with Gasteiger partial charge in [-0.1, -0.05) is 61.5 Å². The second kappa shape index (κ2) is 14.6. The minimum absolute atomic E-state index is 0.0231. The molecule has 154 valence electrons. The van der Waals surface area contributed by atoms with Crippen molar-refractivity contribution in [3.05, 3.63) is 60.2 Å². The Morgan fingerprint density at radius 3 is 2.29 bits per heavy atom. The molecule has 0 bridgehead atoms. The van der Waals surface area contributed by atoms with Gasteiger partial charge in [0.05, 0.1) is 0 Å². The molecule has 28 heavy (non-hydrogen) atoms. The summed E-state index contributed by atoms with van der Waals surface area (Å²) in [4.78, 5) is 31.6. The van der Waals surface area contributed by atoms with E-state index >= 15 is 0 Å². The van der Waals surface area contributed by atoms with Gasteiger partial charge >= 0.3 is 11.9 Å². The number of nitrogens with two attached hydrogens (primary N) is 1. The smallest absolute Gasteiger partial charge is 0.320 e. The van der Waals surface area contributed by atoms with Crippen molar-refractivity contribution in [2.45, 2.75) is 50.5 Å². The molecule has 0 radical (unpaired) electrons. The second-order valence-corrected chi connectivity index (χ2v) is 6.54. The van der Waals surface area contributed by atoms with E-state index in [4.69, 9.17) is 27.5 Å². The van der Waals surface area contributed by atoms with Gasteiger partial charge in [0.2, 0.25) is 0 Å². The van der Waals surface area contributed by atoms with E-state index in [-0.39, 0.29) is 18.8 Å². The maximum absolute atomic E-state index is 11.7. The van der Waals surface area contributed by atoms with Crippen molar-refractivity contribution >= 4 is 29.3 Å². The average Bonchev–Trinajstić information content (AvgIpc) is 2.67. The first-order valence-corrected chi connectivity index (χ1v) is 9.33. The lowest BCUT2D eigenvalue weighted by molar-refractivity contribution is -0.139. The Bertz CT molecular complexity index is 669. The van der Waals surface area contributed by atoms with E-state index < -0.39 is 18.0 Å². The molecule has 0 aromatic heterocycles. The predicted molar refractivity (Wildman–Crippen MR) is 111 cm³/mol. The van der Waals surface area contributed by atoms with E-state index in [2.05, 4.69) is 13.2 Å². The van der Waals surface area contributed by atoms with E-state index in [1.807, 2.05) is 24.3 Å². The van der Waals surface area contributed by atoms with Crippen molar-refractivity contribution < 1.29 is 24.6 Å². The van der Waals surface area contributed by atoms with Gasteiger partial charge in [0.25, 0.3) is 0 Å². The summed E-state index contributed by atoms with van der Waals surface area (Å²) >= 11 is 6.07. The number of halogens is 1. The van der Waals surface area contributed by atoms with Gasteiger partial charge in [-0.3, -0.25) is 14.4 Å². The molecule has 1 saturated carbocycles. The fourth-order valence-corrected chi connectivity index (χ4v) is 2.74. The first kappa shape index (κ1) is 25.6. The van der Waals surface area contributed by atoms with Crippen LogP contribution in [-0.2, 0) is 14.4 Å². The first-order valence-electron chi connectivity index (χ1n) is 8.95. The molecule has 1 aliphatic rings. The molecule has 6 nitrogen and oxygen atoms in total. The molecule has 1 aliphatic carbocycles. The molecule has 2 rings (SSSR count). The van der Waals surface area contributed by atoms with E-state index in [9.17, 15) is 14.4 Å². The lowest BCUT2D eigenvalue weighted by atomic mass is 9.83. The van der Waals surface area contributed by atoms with Crippen molar-refractivity contribution in [3.63, 3.8) is 0 Å². The van der Waals surface area contributed by atoms with Gasteiger partial charge in [-0.15, -0.1) is 0 Å². The third kappa shape index (κ3) is 10.6. The summed E-state index contributed by atoms with van der Waals surface area (Å²) < 4.78 is 0. The molecule has 1 aromatic carbocycles. The summed E-state index contributed by atoms with van der Waals surface area (Å²) in [6.07, 6.45) is 6.91. The number of rotatable bonds is 6. The van der Waals surface area contributed by atoms with Gasteiger partial charge in [-0.25, -0.2) is 0 Å². The molecule has 1 aromatic rings. The van der Waals surface area contributed by atoms with E-state index in [1.54, 1.807) is 12.2 Å². The Morgan fingerprint density at radius 1 is 1.21 bits per heavy atom. The Morgan fingerprint density at radius 2 is 1.82 bits per heavy atom. The van der Waals surface area contributed by atoms with Gasteiger partial charge in [0.15, 0.2) is 0 Å². The van der Waals surface area contributed by atoms with Crippen LogP contribution in [0.5, 0.6) is 0 Å². The number of carboxylic acid groups (broad SMARTS) is 2. The molecule has 2 atom stereocenters. The number of carboxylic acids is 2. The van der Waals surface area contributed by atoms with Crippen LogP contribution in [0, 0.1) is 0 Å². The van der Waals surface area contributed by atoms with Gasteiger partial charge in [-0.2, -0.15) is 0 Å². The molecule has 4 N–H and O–H groups in total. The zero-order valence-corrected chi connectivity index (χ0v) is 16.6. The molecule has 1 unspecified atom stereocenters. The molecule has 0 heterocycles. The van der Waals surface area contributed by atoms with Crippen molar-refractivity contribution in [2.24, 2.45) is 5.73 Å². The van der Waals surface area contributed by atoms with Crippen LogP contribution >= 0.6 is 11.6 Å². The highest BCUT2D eigenvalue weighted by Gasteiger charge is 2.25. The summed E-state index contributed by atoms with van der Waals surface area (Å²) in [6.45, 7) is 6.72. The topological polar surface area (TPSA) is 118 Å². The van der Waals surface area contributed by atoms with Crippen molar-refractivity contribution in [2.75, 3.05) is 0 Å². The van der Waals surface area contributed by atoms with Crippen LogP contribution in [0.3, 0.4) is 0 Å². The van der Waals surface area contributed by atoms with E-state index in [0.717, 1.165) is 36.3 Å². The highest BCUT2D eigenvalue weighted by atomic mass is 35.5. The normalized spacial score (nSPS) is 16.4. The lowest BCUT2D eigenvalue weighted by Gasteiger charge is -2.21. The second-order valence-electron chi connectivity index (χ2n) is 6.13. The Labute approximate surface area is 170 Å².